The maximum Gasteiger partial charge on any atom is 0.107 e. The van der Waals surface area contributed by atoms with Crippen LogP contribution in [-0.2, 0) is 0 Å². The minimum atomic E-state index is 0.0946. The number of hydrogen-bond acceptors (Lipinski definition) is 2. The Kier molecular flexibility index (Phi) is 4.93. The van der Waals surface area contributed by atoms with Crippen molar-refractivity contribution in [2.75, 3.05) is 0 Å². The lowest BCUT2D eigenvalue weighted by atomic mass is 10.1. The van der Waals surface area contributed by atoms with Crippen LogP contribution in [0.15, 0.2) is 23.5 Å². The molecule has 11 heavy (non-hydrogen) atoms. The summed E-state index contributed by atoms with van der Waals surface area (Å²) in [6.07, 6.45) is 4.54. The maximum atomic E-state index is 9.08. The fraction of sp³-hybridized carbons (Fsp3) is 0.444. The van der Waals surface area contributed by atoms with Gasteiger partial charge in [-0.15, -0.1) is 0 Å². The van der Waals surface area contributed by atoms with Crippen molar-refractivity contribution >= 4 is 0 Å². The van der Waals surface area contributed by atoms with Crippen molar-refractivity contribution in [2.45, 2.75) is 26.7 Å². The van der Waals surface area contributed by atoms with Crippen LogP contribution in [0.2, 0.25) is 0 Å². The first-order valence-electron chi connectivity index (χ1n) is 3.66. The van der Waals surface area contributed by atoms with Gasteiger partial charge in [0.1, 0.15) is 5.76 Å². The first-order valence-corrected chi connectivity index (χ1v) is 3.66. The molecule has 2 nitrogen and oxygen atoms in total. The molecule has 0 rings (SSSR count). The third-order valence-corrected chi connectivity index (χ3v) is 1.39. The van der Waals surface area contributed by atoms with Crippen molar-refractivity contribution in [1.29, 1.82) is 5.26 Å². The topological polar surface area (TPSA) is 44.0 Å². The summed E-state index contributed by atoms with van der Waals surface area (Å²) in [4.78, 5) is 0. The fourth-order valence-electron chi connectivity index (χ4n) is 0.736. The average molecular weight is 151 g/mol. The van der Waals surface area contributed by atoms with Gasteiger partial charge in [0.05, 0.1) is 12.5 Å². The summed E-state index contributed by atoms with van der Waals surface area (Å²) in [5, 5.41) is 17.3. The molecule has 0 saturated heterocycles. The molecular weight excluding hydrogens is 138 g/mol. The van der Waals surface area contributed by atoms with Gasteiger partial charge in [0.15, 0.2) is 0 Å². The molecule has 0 bridgehead atoms. The standard InChI is InChI=1S/C9H13NO/c1-3-8(4-2)7-9(11)5-6-10/h3,7,11H,4-5H2,1-2H3/b8-3-,9-7+. The van der Waals surface area contributed by atoms with Gasteiger partial charge >= 0.3 is 0 Å². The highest BCUT2D eigenvalue weighted by Gasteiger charge is 1.92. The van der Waals surface area contributed by atoms with Crippen LogP contribution in [0, 0.1) is 11.3 Å². The predicted molar refractivity (Wildman–Crippen MR) is 45.0 cm³/mol. The van der Waals surface area contributed by atoms with Crippen molar-refractivity contribution in [3.05, 3.63) is 23.5 Å². The minimum Gasteiger partial charge on any atom is -0.511 e. The first kappa shape index (κ1) is 9.77. The molecule has 0 aliphatic carbocycles. The summed E-state index contributed by atoms with van der Waals surface area (Å²) in [5.41, 5.74) is 1.05. The number of rotatable bonds is 3. The highest BCUT2D eigenvalue weighted by Crippen LogP contribution is 2.06. The number of aliphatic hydroxyl groups excluding tert-OH is 1. The van der Waals surface area contributed by atoms with Crippen LogP contribution in [0.5, 0.6) is 0 Å². The van der Waals surface area contributed by atoms with Crippen LogP contribution < -0.4 is 0 Å². The highest BCUT2D eigenvalue weighted by molar-refractivity contribution is 5.20. The van der Waals surface area contributed by atoms with Gasteiger partial charge in [-0.05, 0) is 25.0 Å². The van der Waals surface area contributed by atoms with E-state index in [2.05, 4.69) is 0 Å². The lowest BCUT2D eigenvalue weighted by Gasteiger charge is -1.95. The van der Waals surface area contributed by atoms with Crippen LogP contribution in [0.1, 0.15) is 26.7 Å². The molecular formula is C9H13NO. The molecule has 0 saturated carbocycles. The lowest BCUT2D eigenvalue weighted by molar-refractivity contribution is 0.402. The number of nitrogens with zero attached hydrogens (tertiary/aromatic N) is 1. The van der Waals surface area contributed by atoms with E-state index in [0.717, 1.165) is 12.0 Å². The van der Waals surface area contributed by atoms with Crippen LogP contribution >= 0.6 is 0 Å². The van der Waals surface area contributed by atoms with Gasteiger partial charge in [0, 0.05) is 0 Å². The largest absolute Gasteiger partial charge is 0.511 e. The molecule has 0 atom stereocenters. The van der Waals surface area contributed by atoms with Gasteiger partial charge in [-0.3, -0.25) is 0 Å². The van der Waals surface area contributed by atoms with Crippen molar-refractivity contribution in [2.24, 2.45) is 0 Å². The molecule has 0 heterocycles. The average Bonchev–Trinajstić information content (AvgIpc) is 2.01. The molecule has 0 fully saturated rings. The van der Waals surface area contributed by atoms with Crippen molar-refractivity contribution in [1.82, 2.24) is 0 Å². The van der Waals surface area contributed by atoms with Crippen LogP contribution in [0.4, 0.5) is 0 Å². The molecule has 2 heteroatoms. The number of hydrogen-bond donors (Lipinski definition) is 1. The summed E-state index contributed by atoms with van der Waals surface area (Å²) < 4.78 is 0. The molecule has 0 radical (unpaired) electrons. The molecule has 1 N–H and O–H groups in total. The minimum absolute atomic E-state index is 0.0946. The SMILES string of the molecule is C/C=C(\C=C(\O)CC#N)CC. The zero-order valence-corrected chi connectivity index (χ0v) is 6.96. The zero-order chi connectivity index (χ0) is 8.69. The van der Waals surface area contributed by atoms with Crippen molar-refractivity contribution in [3.8, 4) is 6.07 Å². The van der Waals surface area contributed by atoms with Gasteiger partial charge in [-0.2, -0.15) is 5.26 Å². The molecule has 0 spiro atoms. The molecule has 0 aliphatic rings. The smallest absolute Gasteiger partial charge is 0.107 e. The van der Waals surface area contributed by atoms with Crippen molar-refractivity contribution in [3.63, 3.8) is 0 Å². The fourth-order valence-corrected chi connectivity index (χ4v) is 0.736. The Labute approximate surface area is 67.5 Å². The molecule has 0 unspecified atom stereocenters. The van der Waals surface area contributed by atoms with Gasteiger partial charge in [-0.1, -0.05) is 13.0 Å². The Balaban J connectivity index is 4.18. The van der Waals surface area contributed by atoms with Crippen molar-refractivity contribution < 1.29 is 5.11 Å². The van der Waals surface area contributed by atoms with E-state index in [9.17, 15) is 0 Å². The Hall–Kier alpha value is -1.23. The summed E-state index contributed by atoms with van der Waals surface area (Å²) in [6, 6.07) is 1.88. The van der Waals surface area contributed by atoms with E-state index in [1.165, 1.54) is 0 Å². The molecule has 60 valence electrons. The second-order valence-electron chi connectivity index (χ2n) is 2.19. The summed E-state index contributed by atoms with van der Waals surface area (Å²) in [6.45, 7) is 3.92. The molecule has 0 aromatic heterocycles. The van der Waals surface area contributed by atoms with E-state index in [0.29, 0.717) is 0 Å². The van der Waals surface area contributed by atoms with E-state index >= 15 is 0 Å². The second kappa shape index (κ2) is 5.55. The predicted octanol–water partition coefficient (Wildman–Crippen LogP) is 2.70. The highest BCUT2D eigenvalue weighted by atomic mass is 16.3. The normalized spacial score (nSPS) is 12.8. The number of nitriles is 1. The maximum absolute atomic E-state index is 9.08. The third kappa shape index (κ3) is 4.21. The van der Waals surface area contributed by atoms with E-state index < -0.39 is 0 Å². The second-order valence-corrected chi connectivity index (χ2v) is 2.19. The molecule has 0 aromatic carbocycles. The van der Waals surface area contributed by atoms with Gasteiger partial charge < -0.3 is 5.11 Å². The third-order valence-electron chi connectivity index (χ3n) is 1.39. The monoisotopic (exact) mass is 151 g/mol. The van der Waals surface area contributed by atoms with E-state index in [4.69, 9.17) is 10.4 Å². The van der Waals surface area contributed by atoms with E-state index in [1.54, 1.807) is 6.08 Å². The van der Waals surface area contributed by atoms with Gasteiger partial charge in [0.25, 0.3) is 0 Å². The molecule has 0 aromatic rings. The van der Waals surface area contributed by atoms with E-state index in [1.807, 2.05) is 26.0 Å². The number of aliphatic hydroxyl groups is 1. The summed E-state index contributed by atoms with van der Waals surface area (Å²) >= 11 is 0. The van der Waals surface area contributed by atoms with Crippen LogP contribution in [0.3, 0.4) is 0 Å². The quantitative estimate of drug-likeness (QED) is 0.497. The Bertz CT molecular complexity index is 208. The van der Waals surface area contributed by atoms with Crippen LogP contribution in [0.25, 0.3) is 0 Å². The molecule has 0 aliphatic heterocycles. The number of allylic oxidation sites excluding steroid dienone is 4. The lowest BCUT2D eigenvalue weighted by Crippen LogP contribution is -1.81. The Morgan fingerprint density at radius 1 is 1.64 bits per heavy atom. The molecule has 0 amide bonds. The Morgan fingerprint density at radius 3 is 2.64 bits per heavy atom. The zero-order valence-electron chi connectivity index (χ0n) is 6.96. The Morgan fingerprint density at radius 2 is 2.27 bits per heavy atom. The van der Waals surface area contributed by atoms with Gasteiger partial charge in [-0.25, -0.2) is 0 Å². The van der Waals surface area contributed by atoms with E-state index in [-0.39, 0.29) is 12.2 Å². The summed E-state index contributed by atoms with van der Waals surface area (Å²) in [7, 11) is 0. The van der Waals surface area contributed by atoms with Crippen LogP contribution in [-0.4, -0.2) is 5.11 Å². The van der Waals surface area contributed by atoms with Gasteiger partial charge in [0.2, 0.25) is 0 Å². The first-order chi connectivity index (χ1) is 5.24. The summed E-state index contributed by atoms with van der Waals surface area (Å²) in [5.74, 6) is 0.141.